The first-order valence-corrected chi connectivity index (χ1v) is 9.33. The number of aldehydes is 1. The number of rotatable bonds is 7. The zero-order valence-electron chi connectivity index (χ0n) is 16.2. The summed E-state index contributed by atoms with van der Waals surface area (Å²) in [5, 5.41) is 7.55. The lowest BCUT2D eigenvalue weighted by Gasteiger charge is -2.23. The molecule has 0 saturated carbocycles. The smallest absolute Gasteiger partial charge is 0.408 e. The Morgan fingerprint density at radius 3 is 2.69 bits per heavy atom. The van der Waals surface area contributed by atoms with E-state index in [0.717, 1.165) is 5.56 Å². The van der Waals surface area contributed by atoms with Gasteiger partial charge in [-0.1, -0.05) is 22.8 Å². The Labute approximate surface area is 173 Å². The Hall–Kier alpha value is -3.26. The summed E-state index contributed by atoms with van der Waals surface area (Å²) in [4.78, 5) is 23.0. The zero-order chi connectivity index (χ0) is 21.0. The molecule has 1 aliphatic rings. The van der Waals surface area contributed by atoms with Gasteiger partial charge in [-0.05, 0) is 62.7 Å². The number of carbonyl (C=O) groups excluding carboxylic acids is 2. The number of hydrazine groups is 1. The lowest BCUT2D eigenvalue weighted by atomic mass is 10.1. The van der Waals surface area contributed by atoms with E-state index >= 15 is 0 Å². The molecular formula is C20H21ClN4O4. The Morgan fingerprint density at radius 2 is 2.07 bits per heavy atom. The maximum Gasteiger partial charge on any atom is 0.408 e. The van der Waals surface area contributed by atoms with Crippen LogP contribution < -0.4 is 15.4 Å². The molecule has 1 amide bonds. The van der Waals surface area contributed by atoms with E-state index in [1.54, 1.807) is 42.5 Å². The van der Waals surface area contributed by atoms with Crippen molar-refractivity contribution >= 4 is 47.4 Å². The average molecular weight is 417 g/mol. The zero-order valence-corrected chi connectivity index (χ0v) is 17.0. The third kappa shape index (κ3) is 4.78. The number of ether oxygens (including phenoxy) is 2. The van der Waals surface area contributed by atoms with Crippen LogP contribution in [-0.2, 0) is 19.1 Å². The van der Waals surface area contributed by atoms with Crippen LogP contribution in [0.1, 0.15) is 19.4 Å². The largest absolute Gasteiger partial charge is 0.447 e. The fourth-order valence-corrected chi connectivity index (χ4v) is 2.95. The van der Waals surface area contributed by atoms with Gasteiger partial charge in [0.2, 0.25) is 6.41 Å². The van der Waals surface area contributed by atoms with Gasteiger partial charge in [-0.3, -0.25) is 15.0 Å². The highest BCUT2D eigenvalue weighted by Gasteiger charge is 2.31. The molecule has 1 aliphatic heterocycles. The molecule has 0 aromatic heterocycles. The van der Waals surface area contributed by atoms with E-state index in [9.17, 15) is 9.59 Å². The molecule has 8 nitrogen and oxygen atoms in total. The number of hydrazone groups is 1. The van der Waals surface area contributed by atoms with Crippen molar-refractivity contribution in [1.82, 2.24) is 0 Å². The van der Waals surface area contributed by atoms with Gasteiger partial charge < -0.3 is 9.47 Å². The highest BCUT2D eigenvalue weighted by molar-refractivity contribution is 6.30. The first-order valence-electron chi connectivity index (χ1n) is 8.95. The number of aryl methyl sites for hydroxylation is 1. The molecule has 1 heterocycles. The molecule has 9 heteroatoms. The number of anilines is 3. The predicted molar refractivity (Wildman–Crippen MR) is 112 cm³/mol. The number of hydrogen-bond donors (Lipinski definition) is 1. The minimum atomic E-state index is -0.916. The number of nitrogens with zero attached hydrogens (tertiary/aromatic N) is 3. The van der Waals surface area contributed by atoms with Crippen molar-refractivity contribution in [2.45, 2.75) is 33.1 Å². The van der Waals surface area contributed by atoms with E-state index in [1.807, 2.05) is 20.8 Å². The second-order valence-electron chi connectivity index (χ2n) is 6.59. The van der Waals surface area contributed by atoms with Crippen LogP contribution in [0.4, 0.5) is 17.1 Å². The van der Waals surface area contributed by atoms with Crippen LogP contribution in [0.2, 0.25) is 5.02 Å². The summed E-state index contributed by atoms with van der Waals surface area (Å²) in [5.41, 5.74) is 5.71. The second-order valence-corrected chi connectivity index (χ2v) is 7.03. The van der Waals surface area contributed by atoms with Crippen molar-refractivity contribution in [2.24, 2.45) is 5.10 Å². The van der Waals surface area contributed by atoms with Crippen molar-refractivity contribution in [1.29, 1.82) is 0 Å². The standard InChI is InChI=1S/C20H21ClN4O4/c1-13(2)28-20-23-25(19(11-26)29-20)17-7-8-18(14(3)9-17)24(12-27)22-16-6-4-5-15(21)10-16/h4-13,19,22H,1-3H3. The van der Waals surface area contributed by atoms with Crippen LogP contribution in [0.15, 0.2) is 47.6 Å². The van der Waals surface area contributed by atoms with Gasteiger partial charge in [-0.25, -0.2) is 10.0 Å². The van der Waals surface area contributed by atoms with E-state index in [-0.39, 0.29) is 12.2 Å². The minimum absolute atomic E-state index is 0.0379. The van der Waals surface area contributed by atoms with Crippen molar-refractivity contribution in [2.75, 3.05) is 15.4 Å². The van der Waals surface area contributed by atoms with Gasteiger partial charge in [-0.15, -0.1) is 0 Å². The Balaban J connectivity index is 1.84. The van der Waals surface area contributed by atoms with Crippen LogP contribution in [0.3, 0.4) is 0 Å². The molecule has 29 heavy (non-hydrogen) atoms. The summed E-state index contributed by atoms with van der Waals surface area (Å²) in [6.07, 6.45) is 0.297. The molecule has 3 rings (SSSR count). The van der Waals surface area contributed by atoms with Crippen molar-refractivity contribution < 1.29 is 19.1 Å². The van der Waals surface area contributed by atoms with Gasteiger partial charge in [0.25, 0.3) is 6.23 Å². The van der Waals surface area contributed by atoms with Crippen molar-refractivity contribution in [3.8, 4) is 0 Å². The molecule has 0 aliphatic carbocycles. The normalized spacial score (nSPS) is 15.6. The lowest BCUT2D eigenvalue weighted by molar-refractivity contribution is -0.114. The van der Waals surface area contributed by atoms with Gasteiger partial charge in [0, 0.05) is 5.02 Å². The maximum atomic E-state index is 11.6. The van der Waals surface area contributed by atoms with Crippen LogP contribution in [0, 0.1) is 6.92 Å². The Kier molecular flexibility index (Phi) is 6.23. The summed E-state index contributed by atoms with van der Waals surface area (Å²) in [5.74, 6) is 0. The monoisotopic (exact) mass is 416 g/mol. The molecule has 1 atom stereocenters. The highest BCUT2D eigenvalue weighted by Crippen LogP contribution is 2.29. The summed E-state index contributed by atoms with van der Waals surface area (Å²) in [6, 6.07) is 12.3. The van der Waals surface area contributed by atoms with Crippen LogP contribution in [0.25, 0.3) is 0 Å². The van der Waals surface area contributed by atoms with Crippen molar-refractivity contribution in [3.63, 3.8) is 0 Å². The van der Waals surface area contributed by atoms with Gasteiger partial charge in [-0.2, -0.15) is 0 Å². The molecular weight excluding hydrogens is 396 g/mol. The molecule has 0 fully saturated rings. The van der Waals surface area contributed by atoms with E-state index < -0.39 is 6.23 Å². The number of carbonyl (C=O) groups is 2. The fraction of sp³-hybridized carbons (Fsp3) is 0.250. The highest BCUT2D eigenvalue weighted by atomic mass is 35.5. The molecule has 0 saturated heterocycles. The number of hydrogen-bond acceptors (Lipinski definition) is 7. The number of amides is 1. The summed E-state index contributed by atoms with van der Waals surface area (Å²) >= 11 is 6.00. The molecule has 0 radical (unpaired) electrons. The SMILES string of the molecule is Cc1cc(N2N=C(OC(C)C)OC2C=O)ccc1N(C=O)Nc1cccc(Cl)c1. The molecule has 0 spiro atoms. The molecule has 2 aromatic rings. The van der Waals surface area contributed by atoms with E-state index in [4.69, 9.17) is 21.1 Å². The van der Waals surface area contributed by atoms with Crippen LogP contribution in [-0.4, -0.2) is 31.1 Å². The Bertz CT molecular complexity index is 934. The van der Waals surface area contributed by atoms with Gasteiger partial charge >= 0.3 is 6.08 Å². The number of halogens is 1. The second kappa shape index (κ2) is 8.83. The molecule has 152 valence electrons. The molecule has 1 unspecified atom stereocenters. The Morgan fingerprint density at radius 1 is 1.28 bits per heavy atom. The number of benzene rings is 2. The third-order valence-electron chi connectivity index (χ3n) is 3.99. The molecule has 0 bridgehead atoms. The topological polar surface area (TPSA) is 83.5 Å². The third-order valence-corrected chi connectivity index (χ3v) is 4.22. The molecule has 1 N–H and O–H groups in total. The minimum Gasteiger partial charge on any atom is -0.447 e. The van der Waals surface area contributed by atoms with E-state index in [0.29, 0.717) is 34.8 Å². The lowest BCUT2D eigenvalue weighted by Crippen LogP contribution is -2.30. The first kappa shape index (κ1) is 20.5. The molecule has 2 aromatic carbocycles. The summed E-state index contributed by atoms with van der Waals surface area (Å²) in [6.45, 7) is 5.52. The average Bonchev–Trinajstić information content (AvgIpc) is 3.08. The predicted octanol–water partition coefficient (Wildman–Crippen LogP) is 3.70. The van der Waals surface area contributed by atoms with E-state index in [2.05, 4.69) is 10.5 Å². The van der Waals surface area contributed by atoms with Gasteiger partial charge in [0.15, 0.2) is 6.29 Å². The summed E-state index contributed by atoms with van der Waals surface area (Å²) < 4.78 is 10.8. The van der Waals surface area contributed by atoms with Gasteiger partial charge in [0.1, 0.15) is 0 Å². The number of nitrogens with one attached hydrogen (secondary N) is 1. The first-order chi connectivity index (χ1) is 13.9. The van der Waals surface area contributed by atoms with Crippen LogP contribution in [0.5, 0.6) is 0 Å². The fourth-order valence-electron chi connectivity index (χ4n) is 2.76. The quantitative estimate of drug-likeness (QED) is 0.547. The summed E-state index contributed by atoms with van der Waals surface area (Å²) in [7, 11) is 0. The van der Waals surface area contributed by atoms with E-state index in [1.165, 1.54) is 10.0 Å². The van der Waals surface area contributed by atoms with Crippen LogP contribution >= 0.6 is 11.6 Å². The maximum absolute atomic E-state index is 11.6. The van der Waals surface area contributed by atoms with Crippen molar-refractivity contribution in [3.05, 3.63) is 53.1 Å². The van der Waals surface area contributed by atoms with Gasteiger partial charge in [0.05, 0.1) is 23.2 Å².